The fourth-order valence-electron chi connectivity index (χ4n) is 3.59. The van der Waals surface area contributed by atoms with Crippen molar-refractivity contribution in [2.75, 3.05) is 18.4 Å². The quantitative estimate of drug-likeness (QED) is 0.636. The van der Waals surface area contributed by atoms with Gasteiger partial charge in [-0.3, -0.25) is 9.89 Å². The lowest BCUT2D eigenvalue weighted by molar-refractivity contribution is -0.133. The molecule has 1 fully saturated rings. The summed E-state index contributed by atoms with van der Waals surface area (Å²) in [5.74, 6) is 1.85. The first-order valence-corrected chi connectivity index (χ1v) is 9.53. The number of pyridine rings is 1. The van der Waals surface area contributed by atoms with Gasteiger partial charge in [0.2, 0.25) is 5.91 Å². The van der Waals surface area contributed by atoms with Gasteiger partial charge in [-0.2, -0.15) is 5.10 Å². The van der Waals surface area contributed by atoms with E-state index < -0.39 is 6.04 Å². The van der Waals surface area contributed by atoms with Gasteiger partial charge in [0.25, 0.3) is 0 Å². The van der Waals surface area contributed by atoms with Gasteiger partial charge < -0.3 is 16.0 Å². The number of benzene rings is 1. The highest BCUT2D eigenvalue weighted by molar-refractivity contribution is 5.83. The molecule has 0 unspecified atom stereocenters. The lowest BCUT2D eigenvalue weighted by Crippen LogP contribution is -2.43. The van der Waals surface area contributed by atoms with E-state index in [9.17, 15) is 4.79 Å². The van der Waals surface area contributed by atoms with Crippen molar-refractivity contribution in [1.82, 2.24) is 20.1 Å². The Morgan fingerprint density at radius 1 is 1.11 bits per heavy atom. The lowest BCUT2D eigenvalue weighted by atomic mass is 9.93. The molecule has 4 rings (SSSR count). The highest BCUT2D eigenvalue weighted by atomic mass is 16.2. The minimum atomic E-state index is -0.598. The Labute approximate surface area is 164 Å². The molecule has 28 heavy (non-hydrogen) atoms. The highest BCUT2D eigenvalue weighted by Gasteiger charge is 2.28. The third kappa shape index (κ3) is 4.04. The zero-order valence-corrected chi connectivity index (χ0v) is 15.6. The summed E-state index contributed by atoms with van der Waals surface area (Å²) in [6, 6.07) is 16.7. The summed E-state index contributed by atoms with van der Waals surface area (Å²) >= 11 is 0. The van der Waals surface area contributed by atoms with Crippen LogP contribution in [-0.2, 0) is 4.79 Å². The van der Waals surface area contributed by atoms with Crippen molar-refractivity contribution in [2.45, 2.75) is 24.8 Å². The minimum Gasteiger partial charge on any atom is -0.341 e. The maximum absolute atomic E-state index is 12.7. The van der Waals surface area contributed by atoms with E-state index in [1.165, 1.54) is 0 Å². The summed E-state index contributed by atoms with van der Waals surface area (Å²) in [5.41, 5.74) is 8.11. The Morgan fingerprint density at radius 2 is 1.86 bits per heavy atom. The maximum atomic E-state index is 12.7. The van der Waals surface area contributed by atoms with Crippen molar-refractivity contribution >= 4 is 17.5 Å². The molecule has 4 N–H and O–H groups in total. The van der Waals surface area contributed by atoms with Gasteiger partial charge in [-0.25, -0.2) is 4.98 Å². The number of carbonyl (C=O) groups excluding carboxylic acids is 1. The van der Waals surface area contributed by atoms with E-state index >= 15 is 0 Å². The molecule has 0 bridgehead atoms. The molecular weight excluding hydrogens is 352 g/mol. The van der Waals surface area contributed by atoms with Gasteiger partial charge in [0, 0.05) is 37.0 Å². The third-order valence-corrected chi connectivity index (χ3v) is 5.19. The Morgan fingerprint density at radius 3 is 2.57 bits per heavy atom. The molecular formula is C21H24N6O. The molecule has 3 heterocycles. The SMILES string of the molecule is N[C@@H](C(=O)N1CCC(c2cc(Nc3ccccn3)n[nH]2)CC1)c1ccccc1. The number of nitrogens with zero attached hydrogens (tertiary/aromatic N) is 3. The van der Waals surface area contributed by atoms with Crippen molar-refractivity contribution < 1.29 is 4.79 Å². The van der Waals surface area contributed by atoms with Crippen LogP contribution in [0.2, 0.25) is 0 Å². The Hall–Kier alpha value is -3.19. The Bertz CT molecular complexity index is 903. The van der Waals surface area contributed by atoms with Crippen LogP contribution >= 0.6 is 0 Å². The van der Waals surface area contributed by atoms with Crippen LogP contribution in [-0.4, -0.2) is 39.1 Å². The number of hydrogen-bond donors (Lipinski definition) is 3. The van der Waals surface area contributed by atoms with Gasteiger partial charge in [-0.05, 0) is 30.5 Å². The van der Waals surface area contributed by atoms with Gasteiger partial charge in [0.15, 0.2) is 5.82 Å². The second kappa shape index (κ2) is 8.22. The van der Waals surface area contributed by atoms with Crippen LogP contribution in [0.5, 0.6) is 0 Å². The summed E-state index contributed by atoms with van der Waals surface area (Å²) in [4.78, 5) is 18.8. The average Bonchev–Trinajstić information content (AvgIpc) is 3.22. The average molecular weight is 376 g/mol. The molecule has 1 aliphatic rings. The molecule has 0 spiro atoms. The van der Waals surface area contributed by atoms with Gasteiger partial charge in [0.1, 0.15) is 11.9 Å². The molecule has 7 nitrogen and oxygen atoms in total. The molecule has 1 amide bonds. The zero-order valence-electron chi connectivity index (χ0n) is 15.6. The second-order valence-corrected chi connectivity index (χ2v) is 7.04. The van der Waals surface area contributed by atoms with Crippen molar-refractivity contribution in [2.24, 2.45) is 5.73 Å². The zero-order chi connectivity index (χ0) is 19.3. The van der Waals surface area contributed by atoms with Crippen LogP contribution in [0.15, 0.2) is 60.8 Å². The van der Waals surface area contributed by atoms with Crippen molar-refractivity contribution in [3.8, 4) is 0 Å². The molecule has 7 heteroatoms. The van der Waals surface area contributed by atoms with Gasteiger partial charge in [0.05, 0.1) is 0 Å². The number of nitrogens with two attached hydrogens (primary N) is 1. The first-order chi connectivity index (χ1) is 13.7. The van der Waals surface area contributed by atoms with E-state index in [0.717, 1.165) is 35.7 Å². The van der Waals surface area contributed by atoms with E-state index in [0.29, 0.717) is 19.0 Å². The van der Waals surface area contributed by atoms with Crippen LogP contribution in [0, 0.1) is 0 Å². The smallest absolute Gasteiger partial charge is 0.244 e. The van der Waals surface area contributed by atoms with Crippen LogP contribution in [0.1, 0.15) is 36.1 Å². The Kier molecular flexibility index (Phi) is 5.34. The van der Waals surface area contributed by atoms with Gasteiger partial charge in [-0.1, -0.05) is 36.4 Å². The largest absolute Gasteiger partial charge is 0.341 e. The standard InChI is InChI=1S/C21H24N6O/c22-20(16-6-2-1-3-7-16)21(28)27-12-9-15(10-13-27)17-14-19(26-25-17)24-18-8-4-5-11-23-18/h1-8,11,14-15,20H,9-10,12-13,22H2,(H2,23,24,25,26)/t20-/m1/s1. The van der Waals surface area contributed by atoms with Gasteiger partial charge in [-0.15, -0.1) is 0 Å². The first-order valence-electron chi connectivity index (χ1n) is 9.53. The van der Waals surface area contributed by atoms with Gasteiger partial charge >= 0.3 is 0 Å². The van der Waals surface area contributed by atoms with E-state index in [1.807, 2.05) is 59.5 Å². The molecule has 0 radical (unpaired) electrons. The highest BCUT2D eigenvalue weighted by Crippen LogP contribution is 2.29. The molecule has 1 saturated heterocycles. The van der Waals surface area contributed by atoms with Crippen LogP contribution < -0.4 is 11.1 Å². The minimum absolute atomic E-state index is 0.00762. The maximum Gasteiger partial charge on any atom is 0.244 e. The molecule has 0 saturated carbocycles. The van der Waals surface area contributed by atoms with E-state index in [1.54, 1.807) is 6.20 Å². The normalized spacial score (nSPS) is 16.0. The number of rotatable bonds is 5. The third-order valence-electron chi connectivity index (χ3n) is 5.19. The summed E-state index contributed by atoms with van der Waals surface area (Å²) in [6.07, 6.45) is 3.51. The predicted octanol–water partition coefficient (Wildman–Crippen LogP) is 2.95. The molecule has 2 aromatic heterocycles. The molecule has 1 aliphatic heterocycles. The van der Waals surface area contributed by atoms with E-state index in [2.05, 4.69) is 20.5 Å². The number of piperidine rings is 1. The van der Waals surface area contributed by atoms with Crippen molar-refractivity contribution in [3.63, 3.8) is 0 Å². The monoisotopic (exact) mass is 376 g/mol. The fourth-order valence-corrected chi connectivity index (χ4v) is 3.59. The van der Waals surface area contributed by atoms with E-state index in [4.69, 9.17) is 5.73 Å². The summed E-state index contributed by atoms with van der Waals surface area (Å²) in [7, 11) is 0. The summed E-state index contributed by atoms with van der Waals surface area (Å²) in [5, 5.41) is 10.6. The lowest BCUT2D eigenvalue weighted by Gasteiger charge is -2.33. The number of carbonyl (C=O) groups is 1. The molecule has 1 atom stereocenters. The fraction of sp³-hybridized carbons (Fsp3) is 0.286. The molecule has 1 aromatic carbocycles. The van der Waals surface area contributed by atoms with Crippen LogP contribution in [0.4, 0.5) is 11.6 Å². The summed E-state index contributed by atoms with van der Waals surface area (Å²) in [6.45, 7) is 1.40. The second-order valence-electron chi connectivity index (χ2n) is 7.04. The number of nitrogens with one attached hydrogen (secondary N) is 2. The number of amides is 1. The molecule has 144 valence electrons. The number of anilines is 2. The number of aromatic nitrogens is 3. The van der Waals surface area contributed by atoms with E-state index in [-0.39, 0.29) is 5.91 Å². The number of aromatic amines is 1. The number of H-pyrrole nitrogens is 1. The van der Waals surface area contributed by atoms with Crippen molar-refractivity contribution in [1.29, 1.82) is 0 Å². The Balaban J connectivity index is 1.33. The van der Waals surface area contributed by atoms with Crippen LogP contribution in [0.3, 0.4) is 0 Å². The predicted molar refractivity (Wildman–Crippen MR) is 108 cm³/mol. The molecule has 0 aliphatic carbocycles. The molecule has 3 aromatic rings. The summed E-state index contributed by atoms with van der Waals surface area (Å²) < 4.78 is 0. The number of hydrogen-bond acceptors (Lipinski definition) is 5. The van der Waals surface area contributed by atoms with Crippen LogP contribution in [0.25, 0.3) is 0 Å². The van der Waals surface area contributed by atoms with Crippen molar-refractivity contribution in [3.05, 3.63) is 72.1 Å². The topological polar surface area (TPSA) is 99.9 Å². The first kappa shape index (κ1) is 18.2. The number of likely N-dealkylation sites (tertiary alicyclic amines) is 1.